The average Bonchev–Trinajstić information content (AvgIpc) is 2.55. The summed E-state index contributed by atoms with van der Waals surface area (Å²) >= 11 is 0. The number of rotatable bonds is 9. The third-order valence-electron chi connectivity index (χ3n) is 5.00. The van der Waals surface area contributed by atoms with Crippen LogP contribution in [0.15, 0.2) is 4.99 Å². The normalized spacial score (nSPS) is 19.0. The van der Waals surface area contributed by atoms with Gasteiger partial charge in [0, 0.05) is 71.5 Å². The molecule has 1 atom stereocenters. The summed E-state index contributed by atoms with van der Waals surface area (Å²) in [5, 5.41) is 6.93. The van der Waals surface area contributed by atoms with E-state index in [9.17, 15) is 0 Å². The molecule has 0 aromatic carbocycles. The molecule has 0 aromatic rings. The minimum Gasteiger partial charge on any atom is -0.356 e. The molecule has 148 valence electrons. The van der Waals surface area contributed by atoms with Gasteiger partial charge >= 0.3 is 0 Å². The van der Waals surface area contributed by atoms with E-state index in [-0.39, 0.29) is 0 Å². The highest BCUT2D eigenvalue weighted by Gasteiger charge is 2.16. The van der Waals surface area contributed by atoms with Crippen LogP contribution < -0.4 is 10.6 Å². The van der Waals surface area contributed by atoms with Gasteiger partial charge in [0.15, 0.2) is 5.96 Å². The topological polar surface area (TPSA) is 46.1 Å². The molecule has 1 unspecified atom stereocenters. The molecule has 0 bridgehead atoms. The number of hydrogen-bond acceptors (Lipinski definition) is 4. The lowest BCUT2D eigenvalue weighted by Crippen LogP contribution is -2.48. The number of nitrogens with zero attached hydrogens (tertiary/aromatic N) is 4. The van der Waals surface area contributed by atoms with E-state index in [1.54, 1.807) is 0 Å². The maximum Gasteiger partial charge on any atom is 0.191 e. The molecule has 0 saturated carbocycles. The molecule has 2 N–H and O–H groups in total. The molecule has 6 nitrogen and oxygen atoms in total. The van der Waals surface area contributed by atoms with Crippen LogP contribution >= 0.6 is 0 Å². The van der Waals surface area contributed by atoms with Crippen molar-refractivity contribution in [1.82, 2.24) is 25.3 Å². The summed E-state index contributed by atoms with van der Waals surface area (Å²) in [6.07, 6.45) is 0. The Morgan fingerprint density at radius 3 is 2.12 bits per heavy atom. The highest BCUT2D eigenvalue weighted by molar-refractivity contribution is 5.79. The van der Waals surface area contributed by atoms with Crippen LogP contribution in [0.5, 0.6) is 0 Å². The van der Waals surface area contributed by atoms with Gasteiger partial charge in [-0.1, -0.05) is 6.92 Å². The van der Waals surface area contributed by atoms with Crippen LogP contribution in [0.3, 0.4) is 0 Å². The first kappa shape index (κ1) is 22.2. The standard InChI is InChI=1S/C19H42N6/c1-16(2)25(17(3)4)9-8-21-19(20-6)22-14-18(5)15-24-12-10-23(7)11-13-24/h16-18H,8-15H2,1-7H3,(H2,20,21,22). The van der Waals surface area contributed by atoms with Crippen molar-refractivity contribution in [3.63, 3.8) is 0 Å². The van der Waals surface area contributed by atoms with Crippen LogP contribution in [0.2, 0.25) is 0 Å². The van der Waals surface area contributed by atoms with E-state index >= 15 is 0 Å². The van der Waals surface area contributed by atoms with E-state index < -0.39 is 0 Å². The zero-order chi connectivity index (χ0) is 18.8. The van der Waals surface area contributed by atoms with Gasteiger partial charge in [0.1, 0.15) is 0 Å². The zero-order valence-corrected chi connectivity index (χ0v) is 17.7. The maximum absolute atomic E-state index is 4.36. The van der Waals surface area contributed by atoms with Crippen LogP contribution in [-0.2, 0) is 0 Å². The molecule has 0 aromatic heterocycles. The van der Waals surface area contributed by atoms with E-state index in [0.717, 1.165) is 32.1 Å². The predicted octanol–water partition coefficient (Wildman–Crippen LogP) is 1.15. The van der Waals surface area contributed by atoms with Crippen molar-refractivity contribution in [2.24, 2.45) is 10.9 Å². The van der Waals surface area contributed by atoms with Gasteiger partial charge in [-0.25, -0.2) is 0 Å². The Hall–Kier alpha value is -0.850. The van der Waals surface area contributed by atoms with Gasteiger partial charge in [-0.3, -0.25) is 9.89 Å². The predicted molar refractivity (Wildman–Crippen MR) is 109 cm³/mol. The smallest absolute Gasteiger partial charge is 0.191 e. The van der Waals surface area contributed by atoms with E-state index in [1.807, 2.05) is 7.05 Å². The summed E-state index contributed by atoms with van der Waals surface area (Å²) < 4.78 is 0. The molecule has 25 heavy (non-hydrogen) atoms. The summed E-state index contributed by atoms with van der Waals surface area (Å²) in [7, 11) is 4.06. The van der Waals surface area contributed by atoms with E-state index in [0.29, 0.717) is 18.0 Å². The Morgan fingerprint density at radius 1 is 1.00 bits per heavy atom. The van der Waals surface area contributed by atoms with Crippen LogP contribution in [0.25, 0.3) is 0 Å². The Labute approximate surface area is 156 Å². The van der Waals surface area contributed by atoms with E-state index in [1.165, 1.54) is 26.2 Å². The molecule has 1 aliphatic heterocycles. The largest absolute Gasteiger partial charge is 0.356 e. The third-order valence-corrected chi connectivity index (χ3v) is 5.00. The van der Waals surface area contributed by atoms with Crippen molar-refractivity contribution in [2.45, 2.75) is 46.7 Å². The molecule has 1 fully saturated rings. The highest BCUT2D eigenvalue weighted by Crippen LogP contribution is 2.04. The van der Waals surface area contributed by atoms with E-state index in [4.69, 9.17) is 0 Å². The minimum absolute atomic E-state index is 0.570. The number of nitrogens with one attached hydrogen (secondary N) is 2. The summed E-state index contributed by atoms with van der Waals surface area (Å²) in [4.78, 5) is 11.8. The molecule has 0 amide bonds. The highest BCUT2D eigenvalue weighted by atomic mass is 15.3. The fraction of sp³-hybridized carbons (Fsp3) is 0.947. The molecule has 0 spiro atoms. The van der Waals surface area contributed by atoms with Crippen molar-refractivity contribution in [1.29, 1.82) is 0 Å². The summed E-state index contributed by atoms with van der Waals surface area (Å²) in [6.45, 7) is 20.2. The zero-order valence-electron chi connectivity index (χ0n) is 17.7. The number of likely N-dealkylation sites (N-methyl/N-ethyl adjacent to an activating group) is 1. The number of hydrogen-bond donors (Lipinski definition) is 2. The van der Waals surface area contributed by atoms with Gasteiger partial charge in [-0.05, 0) is 40.7 Å². The fourth-order valence-electron chi connectivity index (χ4n) is 3.44. The lowest BCUT2D eigenvalue weighted by atomic mass is 10.1. The van der Waals surface area contributed by atoms with Crippen LogP contribution in [-0.4, -0.2) is 99.2 Å². The molecule has 0 radical (unpaired) electrons. The Morgan fingerprint density at radius 2 is 1.60 bits per heavy atom. The monoisotopic (exact) mass is 354 g/mol. The molecular weight excluding hydrogens is 312 g/mol. The van der Waals surface area contributed by atoms with Crippen molar-refractivity contribution in [2.75, 3.05) is 66.5 Å². The number of aliphatic imine (C=N–C) groups is 1. The summed E-state index contributed by atoms with van der Waals surface area (Å²) in [6, 6.07) is 1.14. The Bertz CT molecular complexity index is 366. The Kier molecular flexibility index (Phi) is 10.4. The van der Waals surface area contributed by atoms with E-state index in [2.05, 4.69) is 72.0 Å². The summed E-state index contributed by atoms with van der Waals surface area (Å²) in [5.74, 6) is 1.53. The van der Waals surface area contributed by atoms with Crippen molar-refractivity contribution >= 4 is 5.96 Å². The van der Waals surface area contributed by atoms with Crippen LogP contribution in [0.4, 0.5) is 0 Å². The first-order valence-electron chi connectivity index (χ1n) is 9.94. The first-order valence-corrected chi connectivity index (χ1v) is 9.94. The van der Waals surface area contributed by atoms with Crippen molar-refractivity contribution in [3.8, 4) is 0 Å². The van der Waals surface area contributed by atoms with Gasteiger partial charge in [-0.15, -0.1) is 0 Å². The quantitative estimate of drug-likeness (QED) is 0.480. The van der Waals surface area contributed by atoms with Gasteiger partial charge < -0.3 is 20.4 Å². The summed E-state index contributed by atoms with van der Waals surface area (Å²) in [5.41, 5.74) is 0. The second-order valence-electron chi connectivity index (χ2n) is 8.01. The molecular formula is C19H42N6. The lowest BCUT2D eigenvalue weighted by Gasteiger charge is -2.34. The molecule has 1 aliphatic rings. The molecule has 1 saturated heterocycles. The second kappa shape index (κ2) is 11.7. The molecule has 6 heteroatoms. The molecule has 1 rings (SSSR count). The Balaban J connectivity index is 2.24. The van der Waals surface area contributed by atoms with Gasteiger partial charge in [0.05, 0.1) is 0 Å². The number of guanidine groups is 1. The third kappa shape index (κ3) is 8.88. The van der Waals surface area contributed by atoms with Crippen molar-refractivity contribution in [3.05, 3.63) is 0 Å². The maximum atomic E-state index is 4.36. The SMILES string of the molecule is CN=C(NCCN(C(C)C)C(C)C)NCC(C)CN1CCN(C)CC1. The van der Waals surface area contributed by atoms with Gasteiger partial charge in [-0.2, -0.15) is 0 Å². The van der Waals surface area contributed by atoms with Crippen molar-refractivity contribution < 1.29 is 0 Å². The first-order chi connectivity index (χ1) is 11.8. The molecule has 0 aliphatic carbocycles. The lowest BCUT2D eigenvalue weighted by molar-refractivity contribution is 0.139. The minimum atomic E-state index is 0.570. The van der Waals surface area contributed by atoms with Crippen LogP contribution in [0.1, 0.15) is 34.6 Å². The van der Waals surface area contributed by atoms with Gasteiger partial charge in [0.2, 0.25) is 0 Å². The van der Waals surface area contributed by atoms with Crippen LogP contribution in [0, 0.1) is 5.92 Å². The van der Waals surface area contributed by atoms with Gasteiger partial charge in [0.25, 0.3) is 0 Å². The second-order valence-corrected chi connectivity index (χ2v) is 8.01. The number of piperazine rings is 1. The average molecular weight is 355 g/mol. The fourth-order valence-corrected chi connectivity index (χ4v) is 3.44. The molecule has 1 heterocycles.